The van der Waals surface area contributed by atoms with Crippen LogP contribution in [0.1, 0.15) is 34.9 Å². The van der Waals surface area contributed by atoms with E-state index in [2.05, 4.69) is 20.7 Å². The summed E-state index contributed by atoms with van der Waals surface area (Å²) in [5.74, 6) is 0.0311. The summed E-state index contributed by atoms with van der Waals surface area (Å²) in [6, 6.07) is 7.85. The lowest BCUT2D eigenvalue weighted by atomic mass is 9.81. The number of halogens is 2. The number of aromatic amines is 1. The van der Waals surface area contributed by atoms with Crippen LogP contribution in [-0.4, -0.2) is 21.9 Å². The van der Waals surface area contributed by atoms with Gasteiger partial charge >= 0.3 is 0 Å². The summed E-state index contributed by atoms with van der Waals surface area (Å²) < 4.78 is 0. The Morgan fingerprint density at radius 2 is 2.17 bits per heavy atom. The third kappa shape index (κ3) is 3.48. The Morgan fingerprint density at radius 1 is 1.43 bits per heavy atom. The molecule has 1 atom stereocenters. The number of H-pyrrole nitrogens is 1. The largest absolute Gasteiger partial charge is 0.369 e. The fourth-order valence-electron chi connectivity index (χ4n) is 2.92. The molecule has 0 saturated heterocycles. The molecule has 2 aromatic rings. The topological polar surface area (TPSA) is 103 Å². The SMILES string of the molecule is Cc1n[nH]c2c1/C(=N\NC(=N)N)CC(c1ccccc1Cl)C2.Cl. The normalized spacial score (nSPS) is 18.2. The Hall–Kier alpha value is -2.05. The first kappa shape index (κ1) is 17.3. The predicted molar refractivity (Wildman–Crippen MR) is 94.7 cm³/mol. The van der Waals surface area contributed by atoms with E-state index < -0.39 is 0 Å². The number of hydrogen-bond acceptors (Lipinski definition) is 3. The zero-order valence-corrected chi connectivity index (χ0v) is 14.1. The van der Waals surface area contributed by atoms with Crippen LogP contribution >= 0.6 is 24.0 Å². The van der Waals surface area contributed by atoms with Crippen molar-refractivity contribution in [2.24, 2.45) is 10.8 Å². The van der Waals surface area contributed by atoms with Crippen molar-refractivity contribution >= 4 is 35.7 Å². The predicted octanol–water partition coefficient (Wildman–Crippen LogP) is 2.71. The summed E-state index contributed by atoms with van der Waals surface area (Å²) in [4.78, 5) is 0. The number of aromatic nitrogens is 2. The quantitative estimate of drug-likeness (QED) is 0.379. The molecule has 0 radical (unpaired) electrons. The first-order valence-corrected chi connectivity index (χ1v) is 7.39. The van der Waals surface area contributed by atoms with Gasteiger partial charge in [-0.2, -0.15) is 10.2 Å². The van der Waals surface area contributed by atoms with Gasteiger partial charge in [-0.25, -0.2) is 5.43 Å². The van der Waals surface area contributed by atoms with Crippen LogP contribution in [0.5, 0.6) is 0 Å². The molecule has 6 nitrogen and oxygen atoms in total. The highest BCUT2D eigenvalue weighted by molar-refractivity contribution is 6.31. The van der Waals surface area contributed by atoms with Gasteiger partial charge in [-0.1, -0.05) is 29.8 Å². The zero-order chi connectivity index (χ0) is 15.7. The van der Waals surface area contributed by atoms with Gasteiger partial charge in [0.2, 0.25) is 5.96 Å². The van der Waals surface area contributed by atoms with Crippen molar-refractivity contribution in [2.45, 2.75) is 25.7 Å². The molecule has 23 heavy (non-hydrogen) atoms. The second kappa shape index (κ2) is 7.02. The fraction of sp³-hybridized carbons (Fsp3) is 0.267. The summed E-state index contributed by atoms with van der Waals surface area (Å²) in [6.45, 7) is 1.94. The number of aryl methyl sites for hydroxylation is 1. The van der Waals surface area contributed by atoms with Gasteiger partial charge in [-0.15, -0.1) is 12.4 Å². The van der Waals surface area contributed by atoms with Crippen molar-refractivity contribution in [1.82, 2.24) is 15.6 Å². The highest BCUT2D eigenvalue weighted by Gasteiger charge is 2.29. The summed E-state index contributed by atoms with van der Waals surface area (Å²) in [7, 11) is 0. The van der Waals surface area contributed by atoms with Gasteiger partial charge in [-0.3, -0.25) is 10.5 Å². The van der Waals surface area contributed by atoms with E-state index in [9.17, 15) is 0 Å². The Balaban J connectivity index is 0.00000192. The van der Waals surface area contributed by atoms with Crippen molar-refractivity contribution in [3.05, 3.63) is 51.8 Å². The van der Waals surface area contributed by atoms with Gasteiger partial charge in [0.1, 0.15) is 0 Å². The number of nitrogens with zero attached hydrogens (tertiary/aromatic N) is 2. The molecular formula is C15H18Cl2N6. The third-order valence-electron chi connectivity index (χ3n) is 3.86. The molecule has 0 saturated carbocycles. The number of rotatable bonds is 2. The average Bonchev–Trinajstić information content (AvgIpc) is 2.87. The number of fused-ring (bicyclic) bond motifs is 1. The molecule has 1 heterocycles. The molecule has 1 aromatic heterocycles. The minimum absolute atomic E-state index is 0. The summed E-state index contributed by atoms with van der Waals surface area (Å²) in [5.41, 5.74) is 12.8. The molecule has 1 unspecified atom stereocenters. The number of hydrogen-bond donors (Lipinski definition) is 4. The van der Waals surface area contributed by atoms with E-state index >= 15 is 0 Å². The molecule has 1 aliphatic rings. The van der Waals surface area contributed by atoms with Crippen LogP contribution in [0.25, 0.3) is 0 Å². The van der Waals surface area contributed by atoms with E-state index in [-0.39, 0.29) is 24.3 Å². The molecular weight excluding hydrogens is 335 g/mol. The van der Waals surface area contributed by atoms with Crippen LogP contribution in [0.3, 0.4) is 0 Å². The van der Waals surface area contributed by atoms with Gasteiger partial charge in [-0.05, 0) is 37.3 Å². The number of benzene rings is 1. The maximum atomic E-state index is 7.28. The molecule has 8 heteroatoms. The van der Waals surface area contributed by atoms with Gasteiger partial charge in [0, 0.05) is 16.3 Å². The van der Waals surface area contributed by atoms with Gasteiger partial charge in [0.15, 0.2) is 0 Å². The van der Waals surface area contributed by atoms with Crippen LogP contribution in [0, 0.1) is 12.3 Å². The molecule has 1 aliphatic carbocycles. The van der Waals surface area contributed by atoms with Crippen molar-refractivity contribution < 1.29 is 0 Å². The Morgan fingerprint density at radius 3 is 2.87 bits per heavy atom. The minimum atomic E-state index is -0.185. The lowest BCUT2D eigenvalue weighted by molar-refractivity contribution is 0.677. The first-order valence-electron chi connectivity index (χ1n) is 7.01. The highest BCUT2D eigenvalue weighted by atomic mass is 35.5. The van der Waals surface area contributed by atoms with Crippen molar-refractivity contribution in [3.63, 3.8) is 0 Å². The average molecular weight is 353 g/mol. The monoisotopic (exact) mass is 352 g/mol. The molecule has 122 valence electrons. The molecule has 0 spiro atoms. The smallest absolute Gasteiger partial charge is 0.206 e. The van der Waals surface area contributed by atoms with E-state index in [0.717, 1.165) is 46.1 Å². The standard InChI is InChI=1S/C15H17ClN6.ClH/c1-8-14-12(20-19-8)6-9(7-13(14)21-22-15(17)18)10-4-2-3-5-11(10)16;/h2-5,9H,6-7H2,1H3,(H,19,20)(H4,17,18,22);1H/b21-13-;. The van der Waals surface area contributed by atoms with Crippen LogP contribution in [-0.2, 0) is 6.42 Å². The molecule has 5 N–H and O–H groups in total. The van der Waals surface area contributed by atoms with Crippen molar-refractivity contribution in [1.29, 1.82) is 5.41 Å². The maximum Gasteiger partial charge on any atom is 0.206 e. The number of guanidine groups is 1. The number of nitrogens with one attached hydrogen (secondary N) is 3. The second-order valence-electron chi connectivity index (χ2n) is 5.37. The van der Waals surface area contributed by atoms with E-state index in [1.807, 2.05) is 31.2 Å². The molecule has 0 amide bonds. The van der Waals surface area contributed by atoms with Gasteiger partial charge < -0.3 is 5.73 Å². The highest BCUT2D eigenvalue weighted by Crippen LogP contribution is 2.36. The van der Waals surface area contributed by atoms with E-state index in [1.54, 1.807) is 0 Å². The Bertz CT molecular complexity index is 752. The third-order valence-corrected chi connectivity index (χ3v) is 4.20. The van der Waals surface area contributed by atoms with E-state index in [0.29, 0.717) is 0 Å². The van der Waals surface area contributed by atoms with Crippen LogP contribution < -0.4 is 11.2 Å². The van der Waals surface area contributed by atoms with Crippen molar-refractivity contribution in [2.75, 3.05) is 0 Å². The lowest BCUT2D eigenvalue weighted by Crippen LogP contribution is -2.29. The Kier molecular flexibility index (Phi) is 5.28. The summed E-state index contributed by atoms with van der Waals surface area (Å²) in [6.07, 6.45) is 1.55. The number of nitrogens with two attached hydrogens (primary N) is 1. The Labute approximate surface area is 145 Å². The zero-order valence-electron chi connectivity index (χ0n) is 12.6. The first-order chi connectivity index (χ1) is 10.6. The molecule has 3 rings (SSSR count). The lowest BCUT2D eigenvalue weighted by Gasteiger charge is -2.24. The molecule has 0 aliphatic heterocycles. The van der Waals surface area contributed by atoms with E-state index in [4.69, 9.17) is 22.7 Å². The summed E-state index contributed by atoms with van der Waals surface area (Å²) >= 11 is 6.33. The van der Waals surface area contributed by atoms with Gasteiger partial charge in [0.05, 0.1) is 11.4 Å². The van der Waals surface area contributed by atoms with Crippen molar-refractivity contribution in [3.8, 4) is 0 Å². The van der Waals surface area contributed by atoms with Crippen LogP contribution in [0.4, 0.5) is 0 Å². The number of hydrazone groups is 1. The van der Waals surface area contributed by atoms with Crippen LogP contribution in [0.2, 0.25) is 5.02 Å². The summed E-state index contributed by atoms with van der Waals surface area (Å²) in [5, 5.41) is 19.7. The minimum Gasteiger partial charge on any atom is -0.369 e. The fourth-order valence-corrected chi connectivity index (χ4v) is 3.21. The maximum absolute atomic E-state index is 7.28. The van der Waals surface area contributed by atoms with E-state index in [1.165, 1.54) is 0 Å². The molecule has 1 aromatic carbocycles. The van der Waals surface area contributed by atoms with Gasteiger partial charge in [0.25, 0.3) is 0 Å². The molecule has 0 bridgehead atoms. The molecule has 0 fully saturated rings. The second-order valence-corrected chi connectivity index (χ2v) is 5.78. The van der Waals surface area contributed by atoms with Crippen LogP contribution in [0.15, 0.2) is 29.4 Å².